The van der Waals surface area contributed by atoms with Gasteiger partial charge in [0.25, 0.3) is 0 Å². The molecule has 52 heavy (non-hydrogen) atoms. The Balaban J connectivity index is 1.07. The molecule has 0 aliphatic heterocycles. The second-order valence-corrected chi connectivity index (χ2v) is 13.7. The summed E-state index contributed by atoms with van der Waals surface area (Å²) in [4.78, 5) is 0. The zero-order chi connectivity index (χ0) is 34.2. The molecule has 2 heterocycles. The number of fused-ring (bicyclic) bond motifs is 8. The molecule has 0 N–H and O–H groups in total. The smallest absolute Gasteiger partial charge is 0.0619 e. The van der Waals surface area contributed by atoms with Crippen LogP contribution in [0.2, 0.25) is 0 Å². The van der Waals surface area contributed by atoms with Gasteiger partial charge in [0, 0.05) is 33.1 Å². The van der Waals surface area contributed by atoms with Crippen LogP contribution in [0, 0.1) is 0 Å². The maximum atomic E-state index is 2.48. The van der Waals surface area contributed by atoms with Crippen molar-refractivity contribution in [3.05, 3.63) is 194 Å². The number of para-hydroxylation sites is 2. The minimum atomic E-state index is 1.14. The summed E-state index contributed by atoms with van der Waals surface area (Å²) in [6.07, 6.45) is 0. The molecule has 0 amide bonds. The highest BCUT2D eigenvalue weighted by Gasteiger charge is 2.28. The zero-order valence-corrected chi connectivity index (χ0v) is 28.4. The fraction of sp³-hybridized carbons (Fsp3) is 0. The fourth-order valence-corrected chi connectivity index (χ4v) is 8.66. The molecule has 2 aromatic heterocycles. The Labute approximate surface area is 302 Å². The second-order valence-electron chi connectivity index (χ2n) is 13.7. The van der Waals surface area contributed by atoms with E-state index in [9.17, 15) is 0 Å². The Morgan fingerprint density at radius 1 is 0.269 bits per heavy atom. The van der Waals surface area contributed by atoms with Crippen molar-refractivity contribution >= 4 is 32.7 Å². The molecule has 0 unspecified atom stereocenters. The molecule has 2 heteroatoms. The topological polar surface area (TPSA) is 9.86 Å². The van der Waals surface area contributed by atoms with Gasteiger partial charge in [-0.25, -0.2) is 0 Å². The van der Waals surface area contributed by atoms with Crippen molar-refractivity contribution in [2.45, 2.75) is 0 Å². The van der Waals surface area contributed by atoms with Crippen LogP contribution < -0.4 is 0 Å². The van der Waals surface area contributed by atoms with Crippen molar-refractivity contribution in [1.29, 1.82) is 0 Å². The maximum Gasteiger partial charge on any atom is 0.0619 e. The van der Waals surface area contributed by atoms with Gasteiger partial charge in [-0.3, -0.25) is 0 Å². The van der Waals surface area contributed by atoms with Crippen LogP contribution in [0.1, 0.15) is 0 Å². The molecular formula is C50H32N2. The molecular weight excluding hydrogens is 629 g/mol. The van der Waals surface area contributed by atoms with Gasteiger partial charge < -0.3 is 9.13 Å². The van der Waals surface area contributed by atoms with Gasteiger partial charge in [0.1, 0.15) is 0 Å². The van der Waals surface area contributed by atoms with Crippen LogP contribution in [0.4, 0.5) is 0 Å². The van der Waals surface area contributed by atoms with E-state index >= 15 is 0 Å². The zero-order valence-electron chi connectivity index (χ0n) is 28.4. The van der Waals surface area contributed by atoms with Gasteiger partial charge >= 0.3 is 0 Å². The molecule has 8 aromatic carbocycles. The van der Waals surface area contributed by atoms with Gasteiger partial charge in [-0.05, 0) is 87.0 Å². The fourth-order valence-electron chi connectivity index (χ4n) is 8.66. The summed E-state index contributed by atoms with van der Waals surface area (Å²) in [5.41, 5.74) is 18.4. The minimum Gasteiger partial charge on any atom is -0.309 e. The van der Waals surface area contributed by atoms with Crippen molar-refractivity contribution in [3.63, 3.8) is 0 Å². The summed E-state index contributed by atoms with van der Waals surface area (Å²) in [5, 5.41) is 3.85. The number of rotatable bonds is 4. The number of hydrogen-bond donors (Lipinski definition) is 0. The normalized spacial score (nSPS) is 11.8. The molecule has 0 atom stereocenters. The Morgan fingerprint density at radius 3 is 1.33 bits per heavy atom. The van der Waals surface area contributed by atoms with Crippen molar-refractivity contribution in [1.82, 2.24) is 9.13 Å². The molecule has 11 rings (SSSR count). The molecule has 0 saturated carbocycles. The molecule has 1 aliphatic carbocycles. The standard InChI is InChI=1S/C50H32N2/c1-2-13-35(14-3-1)50-49-44-20-7-6-17-40(44)38-15-4-5-16-39(38)43-21-12-24-47(48(43)49)52(50)37-31-27-34(28-32-37)33-25-29-36(30-26-33)51-45-22-10-8-18-41(45)42-19-9-11-23-46(42)51/h1-32H. The van der Waals surface area contributed by atoms with Crippen LogP contribution >= 0.6 is 0 Å². The van der Waals surface area contributed by atoms with Crippen LogP contribution in [0.25, 0.3) is 99.8 Å². The van der Waals surface area contributed by atoms with Crippen LogP contribution in [-0.4, -0.2) is 9.13 Å². The predicted octanol–water partition coefficient (Wildman–Crippen LogP) is 13.4. The molecule has 242 valence electrons. The van der Waals surface area contributed by atoms with Crippen LogP contribution in [0.5, 0.6) is 0 Å². The first-order chi connectivity index (χ1) is 25.8. The maximum absolute atomic E-state index is 2.48. The number of nitrogens with zero attached hydrogens (tertiary/aromatic N) is 2. The lowest BCUT2D eigenvalue weighted by Crippen LogP contribution is -1.98. The first-order valence-corrected chi connectivity index (χ1v) is 17.9. The third-order valence-electron chi connectivity index (χ3n) is 10.9. The lowest BCUT2D eigenvalue weighted by molar-refractivity contribution is 1.13. The van der Waals surface area contributed by atoms with E-state index in [0.29, 0.717) is 0 Å². The molecule has 1 aliphatic rings. The second kappa shape index (κ2) is 11.3. The van der Waals surface area contributed by atoms with E-state index < -0.39 is 0 Å². The summed E-state index contributed by atoms with van der Waals surface area (Å²) >= 11 is 0. The lowest BCUT2D eigenvalue weighted by atomic mass is 9.93. The molecule has 0 fully saturated rings. The SMILES string of the molecule is c1ccc(-c2c3c4c(cccc4n2-c2ccc(-c4ccc(-n5c6ccccc6c6ccccc65)cc4)cc2)-c2ccccc2-c2ccccc2-3)cc1. The van der Waals surface area contributed by atoms with E-state index in [1.807, 2.05) is 0 Å². The number of benzene rings is 8. The first kappa shape index (κ1) is 28.9. The number of aromatic nitrogens is 2. The average Bonchev–Trinajstić information content (AvgIpc) is 3.71. The lowest BCUT2D eigenvalue weighted by Gasteiger charge is -2.16. The quantitative estimate of drug-likeness (QED) is 0.178. The highest BCUT2D eigenvalue weighted by Crippen LogP contribution is 2.52. The van der Waals surface area contributed by atoms with E-state index in [1.54, 1.807) is 0 Å². The Morgan fingerprint density at radius 2 is 0.712 bits per heavy atom. The van der Waals surface area contributed by atoms with Crippen molar-refractivity contribution in [2.75, 3.05) is 0 Å². The molecule has 0 saturated heterocycles. The monoisotopic (exact) mass is 660 g/mol. The number of hydrogen-bond acceptors (Lipinski definition) is 0. The third kappa shape index (κ3) is 4.19. The predicted molar refractivity (Wildman–Crippen MR) is 218 cm³/mol. The highest BCUT2D eigenvalue weighted by molar-refractivity contribution is 6.18. The van der Waals surface area contributed by atoms with Gasteiger partial charge in [-0.1, -0.05) is 152 Å². The molecule has 0 radical (unpaired) electrons. The van der Waals surface area contributed by atoms with Crippen molar-refractivity contribution in [2.24, 2.45) is 0 Å². The van der Waals surface area contributed by atoms with Gasteiger partial charge in [0.05, 0.1) is 22.2 Å². The summed E-state index contributed by atoms with van der Waals surface area (Å²) in [6, 6.07) is 70.9. The van der Waals surface area contributed by atoms with E-state index in [-0.39, 0.29) is 0 Å². The Kier molecular flexibility index (Phi) is 6.28. The molecule has 0 bridgehead atoms. The van der Waals surface area contributed by atoms with Gasteiger partial charge in [-0.15, -0.1) is 0 Å². The average molecular weight is 661 g/mol. The van der Waals surface area contributed by atoms with Crippen LogP contribution in [-0.2, 0) is 0 Å². The largest absolute Gasteiger partial charge is 0.309 e. The third-order valence-corrected chi connectivity index (χ3v) is 10.9. The van der Waals surface area contributed by atoms with E-state index in [4.69, 9.17) is 0 Å². The molecule has 10 aromatic rings. The molecule has 0 spiro atoms. The van der Waals surface area contributed by atoms with Crippen LogP contribution in [0.15, 0.2) is 194 Å². The Bertz CT molecular complexity index is 2920. The van der Waals surface area contributed by atoms with E-state index in [0.717, 1.165) is 11.4 Å². The van der Waals surface area contributed by atoms with E-state index in [2.05, 4.69) is 203 Å². The molecule has 2 nitrogen and oxygen atoms in total. The summed E-state index contributed by atoms with van der Waals surface area (Å²) in [6.45, 7) is 0. The van der Waals surface area contributed by atoms with Crippen molar-refractivity contribution < 1.29 is 0 Å². The van der Waals surface area contributed by atoms with Crippen LogP contribution in [0.3, 0.4) is 0 Å². The summed E-state index contributed by atoms with van der Waals surface area (Å²) in [7, 11) is 0. The highest BCUT2D eigenvalue weighted by atomic mass is 15.0. The Hall–Kier alpha value is -6.90. The van der Waals surface area contributed by atoms with E-state index in [1.165, 1.54) is 88.5 Å². The van der Waals surface area contributed by atoms with Gasteiger partial charge in [-0.2, -0.15) is 0 Å². The summed E-state index contributed by atoms with van der Waals surface area (Å²) < 4.78 is 4.85. The van der Waals surface area contributed by atoms with Crippen molar-refractivity contribution in [3.8, 4) is 67.1 Å². The van der Waals surface area contributed by atoms with Gasteiger partial charge in [0.15, 0.2) is 0 Å². The first-order valence-electron chi connectivity index (χ1n) is 17.9. The summed E-state index contributed by atoms with van der Waals surface area (Å²) in [5.74, 6) is 0. The minimum absolute atomic E-state index is 1.14. The van der Waals surface area contributed by atoms with Gasteiger partial charge in [0.2, 0.25) is 0 Å².